The Morgan fingerprint density at radius 3 is 2.76 bits per heavy atom. The number of amides is 1. The second kappa shape index (κ2) is 8.86. The molecule has 0 aliphatic carbocycles. The van der Waals surface area contributed by atoms with Crippen LogP contribution >= 0.6 is 0 Å². The number of benzene rings is 2. The number of halogens is 1. The van der Waals surface area contributed by atoms with Crippen molar-refractivity contribution in [2.45, 2.75) is 19.4 Å². The van der Waals surface area contributed by atoms with E-state index in [1.54, 1.807) is 18.3 Å². The smallest absolute Gasteiger partial charge is 0.246 e. The number of ether oxygens (including phenoxy) is 1. The highest BCUT2D eigenvalue weighted by Gasteiger charge is 2.42. The van der Waals surface area contributed by atoms with Crippen LogP contribution in [0.1, 0.15) is 13.8 Å². The number of nitrogens with one attached hydrogen (secondary N) is 1. The van der Waals surface area contributed by atoms with Gasteiger partial charge in [-0.05, 0) is 63.3 Å². The molecule has 0 bridgehead atoms. The number of fused-ring (bicyclic) bond motifs is 1. The zero-order valence-electron chi connectivity index (χ0n) is 19.3. The molecular weight excluding hydrogens is 423 g/mol. The Labute approximate surface area is 192 Å². The largest absolute Gasteiger partial charge is 0.505 e. The maximum Gasteiger partial charge on any atom is 0.246 e. The molecule has 1 aromatic heterocycles. The number of hydrogen-bond donors (Lipinski definition) is 2. The lowest BCUT2D eigenvalue weighted by Crippen LogP contribution is -2.59. The summed E-state index contributed by atoms with van der Waals surface area (Å²) in [6.45, 7) is 5.99. The van der Waals surface area contributed by atoms with Gasteiger partial charge in [0.2, 0.25) is 5.91 Å². The number of H-pyrrole nitrogens is 1. The summed E-state index contributed by atoms with van der Waals surface area (Å²) in [6, 6.07) is 8.01. The van der Waals surface area contributed by atoms with E-state index in [9.17, 15) is 14.3 Å². The van der Waals surface area contributed by atoms with Crippen molar-refractivity contribution in [1.82, 2.24) is 20.0 Å². The van der Waals surface area contributed by atoms with Crippen molar-refractivity contribution < 1.29 is 19.0 Å². The Bertz CT molecular complexity index is 1200. The lowest BCUT2D eigenvalue weighted by molar-refractivity contribution is -0.137. The summed E-state index contributed by atoms with van der Waals surface area (Å²) >= 11 is 0. The number of nitrogens with zero attached hydrogens (tertiary/aromatic N) is 3. The fourth-order valence-electron chi connectivity index (χ4n) is 3.89. The van der Waals surface area contributed by atoms with Gasteiger partial charge in [0.25, 0.3) is 0 Å². The van der Waals surface area contributed by atoms with E-state index in [1.165, 1.54) is 12.1 Å². The van der Waals surface area contributed by atoms with Crippen LogP contribution in [-0.2, 0) is 4.79 Å². The molecule has 0 unspecified atom stereocenters. The molecule has 0 spiro atoms. The van der Waals surface area contributed by atoms with Crippen LogP contribution in [-0.4, -0.2) is 70.3 Å². The molecule has 174 valence electrons. The number of phenolic OH excluding ortho intramolecular Hbond substituents is 1. The Hall–Kier alpha value is -3.39. The molecule has 2 aromatic carbocycles. The predicted molar refractivity (Wildman–Crippen MR) is 126 cm³/mol. The molecule has 1 fully saturated rings. The molecule has 8 heteroatoms. The number of hydrogen-bond acceptors (Lipinski definition) is 5. The number of likely N-dealkylation sites (N-methyl/N-ethyl adjacent to an activating group) is 1. The highest BCUT2D eigenvalue weighted by atomic mass is 19.1. The molecule has 1 aliphatic rings. The first-order valence-corrected chi connectivity index (χ1v) is 10.9. The Balaban J connectivity index is 1.51. The van der Waals surface area contributed by atoms with E-state index in [0.717, 1.165) is 23.0 Å². The molecular formula is C25H29FN4O3. The fourth-order valence-corrected chi connectivity index (χ4v) is 3.89. The third kappa shape index (κ3) is 4.85. The lowest BCUT2D eigenvalue weighted by atomic mass is 9.84. The monoisotopic (exact) mass is 452 g/mol. The first-order chi connectivity index (χ1) is 15.6. The molecule has 1 saturated heterocycles. The molecule has 2 N–H and O–H groups in total. The van der Waals surface area contributed by atoms with Gasteiger partial charge in [-0.2, -0.15) is 5.10 Å². The summed E-state index contributed by atoms with van der Waals surface area (Å²) < 4.78 is 20.4. The minimum atomic E-state index is -0.682. The first-order valence-electron chi connectivity index (χ1n) is 10.9. The zero-order valence-corrected chi connectivity index (χ0v) is 19.3. The molecule has 33 heavy (non-hydrogen) atoms. The maximum absolute atomic E-state index is 13.9. The Morgan fingerprint density at radius 2 is 2.06 bits per heavy atom. The Kier molecular flexibility index (Phi) is 6.12. The summed E-state index contributed by atoms with van der Waals surface area (Å²) in [5.41, 5.74) is 1.60. The highest BCUT2D eigenvalue weighted by Crippen LogP contribution is 2.38. The second-order valence-corrected chi connectivity index (χ2v) is 9.28. The van der Waals surface area contributed by atoms with Crippen molar-refractivity contribution in [3.8, 4) is 22.6 Å². The SMILES string of the molecule is CN(C)C/C=C/C(=O)N1CC(C(C)(C)Oc2cc(-c3ccc(O)c(F)c3)cc3[nH]ncc23)C1. The number of aromatic amines is 1. The molecule has 0 radical (unpaired) electrons. The van der Waals surface area contributed by atoms with Crippen LogP contribution in [0.15, 0.2) is 48.7 Å². The zero-order chi connectivity index (χ0) is 23.8. The minimum Gasteiger partial charge on any atom is -0.505 e. The van der Waals surface area contributed by atoms with Gasteiger partial charge < -0.3 is 19.6 Å². The Morgan fingerprint density at radius 1 is 1.30 bits per heavy atom. The quantitative estimate of drug-likeness (QED) is 0.533. The topological polar surface area (TPSA) is 81.7 Å². The summed E-state index contributed by atoms with van der Waals surface area (Å²) in [4.78, 5) is 16.2. The molecule has 4 rings (SSSR count). The number of phenols is 1. The van der Waals surface area contributed by atoms with Gasteiger partial charge in [-0.3, -0.25) is 9.89 Å². The van der Waals surface area contributed by atoms with E-state index in [2.05, 4.69) is 10.2 Å². The van der Waals surface area contributed by atoms with Crippen molar-refractivity contribution >= 4 is 16.8 Å². The van der Waals surface area contributed by atoms with Crippen LogP contribution < -0.4 is 4.74 Å². The van der Waals surface area contributed by atoms with Gasteiger partial charge in [0.05, 0.1) is 17.1 Å². The van der Waals surface area contributed by atoms with Crippen molar-refractivity contribution in [1.29, 1.82) is 0 Å². The molecule has 1 amide bonds. The van der Waals surface area contributed by atoms with Crippen LogP contribution in [0.25, 0.3) is 22.0 Å². The third-order valence-corrected chi connectivity index (χ3v) is 6.08. The van der Waals surface area contributed by atoms with E-state index >= 15 is 0 Å². The molecule has 0 saturated carbocycles. The van der Waals surface area contributed by atoms with Crippen LogP contribution in [0.5, 0.6) is 11.5 Å². The summed E-state index contributed by atoms with van der Waals surface area (Å²) in [7, 11) is 3.91. The van der Waals surface area contributed by atoms with Crippen LogP contribution in [0.3, 0.4) is 0 Å². The summed E-state index contributed by atoms with van der Waals surface area (Å²) in [5, 5.41) is 17.4. The molecule has 0 atom stereocenters. The van der Waals surface area contributed by atoms with E-state index in [-0.39, 0.29) is 17.6 Å². The number of aromatic hydroxyl groups is 1. The number of aromatic nitrogens is 2. The van der Waals surface area contributed by atoms with Gasteiger partial charge in [0, 0.05) is 31.6 Å². The van der Waals surface area contributed by atoms with E-state index < -0.39 is 11.4 Å². The van der Waals surface area contributed by atoms with Gasteiger partial charge >= 0.3 is 0 Å². The van der Waals surface area contributed by atoms with E-state index in [0.29, 0.717) is 24.4 Å². The average molecular weight is 453 g/mol. The van der Waals surface area contributed by atoms with Crippen LogP contribution in [0.4, 0.5) is 4.39 Å². The van der Waals surface area contributed by atoms with E-state index in [1.807, 2.05) is 56.0 Å². The second-order valence-electron chi connectivity index (χ2n) is 9.28. The van der Waals surface area contributed by atoms with Gasteiger partial charge in [0.15, 0.2) is 11.6 Å². The number of carbonyl (C=O) groups excluding carboxylic acids is 1. The summed E-state index contributed by atoms with van der Waals surface area (Å²) in [5.74, 6) is -0.262. The van der Waals surface area contributed by atoms with Crippen molar-refractivity contribution in [2.24, 2.45) is 5.92 Å². The van der Waals surface area contributed by atoms with Crippen molar-refractivity contribution in [3.63, 3.8) is 0 Å². The highest BCUT2D eigenvalue weighted by molar-refractivity contribution is 5.90. The standard InChI is InChI=1S/C25H29FN4O3/c1-25(2,18-14-30(15-18)24(32)6-5-9-29(3)4)33-23-12-17(11-21-19(23)13-27-28-21)16-7-8-22(31)20(26)10-16/h5-8,10-13,18,31H,9,14-15H2,1-4H3,(H,27,28)/b6-5+. The number of carbonyl (C=O) groups is 1. The minimum absolute atomic E-state index is 0.0116. The molecule has 2 heterocycles. The van der Waals surface area contributed by atoms with E-state index in [4.69, 9.17) is 4.74 Å². The van der Waals surface area contributed by atoms with Gasteiger partial charge in [-0.1, -0.05) is 12.1 Å². The fraction of sp³-hybridized carbons (Fsp3) is 0.360. The van der Waals surface area contributed by atoms with Crippen LogP contribution in [0, 0.1) is 11.7 Å². The van der Waals surface area contributed by atoms with Crippen molar-refractivity contribution in [3.05, 3.63) is 54.5 Å². The number of likely N-dealkylation sites (tertiary alicyclic amines) is 1. The lowest BCUT2D eigenvalue weighted by Gasteiger charge is -2.47. The molecule has 3 aromatic rings. The summed E-state index contributed by atoms with van der Waals surface area (Å²) in [6.07, 6.45) is 5.19. The third-order valence-electron chi connectivity index (χ3n) is 6.08. The van der Waals surface area contributed by atoms with Gasteiger partial charge in [0.1, 0.15) is 11.4 Å². The van der Waals surface area contributed by atoms with Crippen LogP contribution in [0.2, 0.25) is 0 Å². The molecule has 1 aliphatic heterocycles. The average Bonchev–Trinajstić information content (AvgIpc) is 3.17. The van der Waals surface area contributed by atoms with Gasteiger partial charge in [-0.15, -0.1) is 0 Å². The molecule has 7 nitrogen and oxygen atoms in total. The normalized spacial score (nSPS) is 14.9. The predicted octanol–water partition coefficient (Wildman–Crippen LogP) is 3.81. The number of rotatable bonds is 7. The van der Waals surface area contributed by atoms with Crippen molar-refractivity contribution in [2.75, 3.05) is 33.7 Å². The first kappa shape index (κ1) is 22.8. The van der Waals surface area contributed by atoms with Gasteiger partial charge in [-0.25, -0.2) is 4.39 Å². The maximum atomic E-state index is 13.9.